The van der Waals surface area contributed by atoms with E-state index in [-0.39, 0.29) is 24.5 Å². The lowest BCUT2D eigenvalue weighted by Gasteiger charge is -2.39. The van der Waals surface area contributed by atoms with E-state index in [1.807, 2.05) is 60.9 Å². The van der Waals surface area contributed by atoms with E-state index in [9.17, 15) is 9.59 Å². The number of hydrogen-bond donors (Lipinski definition) is 0. The number of allylic oxidation sites excluding steroid dienone is 1. The lowest BCUT2D eigenvalue weighted by atomic mass is 10.1. The van der Waals surface area contributed by atoms with Gasteiger partial charge < -0.3 is 23.5 Å². The van der Waals surface area contributed by atoms with Crippen LogP contribution in [-0.4, -0.2) is 58.5 Å². The van der Waals surface area contributed by atoms with Crippen molar-refractivity contribution in [2.75, 3.05) is 26.2 Å². The van der Waals surface area contributed by atoms with Gasteiger partial charge in [0.2, 0.25) is 5.71 Å². The van der Waals surface area contributed by atoms with Crippen LogP contribution < -0.4 is 4.74 Å². The number of amides is 2. The smallest absolute Gasteiger partial charge is 0.270 e. The number of carbonyl (C=O) groups is 2. The Hall–Kier alpha value is -3.48. The highest BCUT2D eigenvalue weighted by molar-refractivity contribution is 5.98. The van der Waals surface area contributed by atoms with E-state index in [0.29, 0.717) is 43.3 Å². The van der Waals surface area contributed by atoms with Gasteiger partial charge in [0, 0.05) is 37.6 Å². The number of aromatic nitrogens is 1. The first-order chi connectivity index (χ1) is 14.9. The van der Waals surface area contributed by atoms with Gasteiger partial charge in [-0.25, -0.2) is 0 Å². The Bertz CT molecular complexity index is 1100. The molecule has 0 unspecified atom stereocenters. The van der Waals surface area contributed by atoms with Crippen molar-refractivity contribution in [2.24, 2.45) is 0 Å². The fourth-order valence-corrected chi connectivity index (χ4v) is 4.00. The van der Waals surface area contributed by atoms with Gasteiger partial charge in [-0.05, 0) is 38.1 Å². The van der Waals surface area contributed by atoms with E-state index in [2.05, 4.69) is 6.58 Å². The van der Waals surface area contributed by atoms with Crippen molar-refractivity contribution in [3.8, 4) is 5.75 Å². The molecule has 7 heteroatoms. The zero-order valence-corrected chi connectivity index (χ0v) is 17.9. The molecule has 1 aliphatic rings. The van der Waals surface area contributed by atoms with Crippen LogP contribution in [0.5, 0.6) is 5.75 Å². The molecule has 162 valence electrons. The first-order valence-electron chi connectivity index (χ1n) is 10.4. The van der Waals surface area contributed by atoms with Crippen molar-refractivity contribution < 1.29 is 18.7 Å². The first kappa shape index (κ1) is 20.8. The summed E-state index contributed by atoms with van der Waals surface area (Å²) in [4.78, 5) is 29.6. The van der Waals surface area contributed by atoms with Crippen LogP contribution in [0.25, 0.3) is 11.1 Å². The third kappa shape index (κ3) is 4.35. The Morgan fingerprint density at radius 2 is 1.97 bits per heavy atom. The van der Waals surface area contributed by atoms with Gasteiger partial charge in [-0.2, -0.15) is 0 Å². The van der Waals surface area contributed by atoms with E-state index in [0.717, 1.165) is 11.0 Å². The van der Waals surface area contributed by atoms with E-state index >= 15 is 0 Å². The van der Waals surface area contributed by atoms with Crippen LogP contribution in [-0.2, 0) is 11.3 Å². The van der Waals surface area contributed by atoms with E-state index < -0.39 is 0 Å². The first-order valence-corrected chi connectivity index (χ1v) is 10.4. The lowest BCUT2D eigenvalue weighted by Crippen LogP contribution is -2.56. The minimum absolute atomic E-state index is 0.0137. The van der Waals surface area contributed by atoms with Crippen LogP contribution in [0.15, 0.2) is 65.3 Å². The van der Waals surface area contributed by atoms with Gasteiger partial charge in [0.05, 0.1) is 6.26 Å². The van der Waals surface area contributed by atoms with Gasteiger partial charge in [-0.1, -0.05) is 30.4 Å². The Kier molecular flexibility index (Phi) is 5.84. The molecule has 1 saturated heterocycles. The minimum atomic E-state index is -0.0999. The molecule has 3 aromatic rings. The Labute approximate surface area is 181 Å². The van der Waals surface area contributed by atoms with Crippen molar-refractivity contribution in [2.45, 2.75) is 26.4 Å². The molecule has 0 aliphatic carbocycles. The summed E-state index contributed by atoms with van der Waals surface area (Å²) in [6.07, 6.45) is 1.62. The average molecular weight is 421 g/mol. The Morgan fingerprint density at radius 1 is 1.19 bits per heavy atom. The number of hydrogen-bond acceptors (Lipinski definition) is 4. The summed E-state index contributed by atoms with van der Waals surface area (Å²) in [5, 5.41) is 0.893. The molecule has 2 amide bonds. The summed E-state index contributed by atoms with van der Waals surface area (Å²) in [7, 11) is 0. The zero-order chi connectivity index (χ0) is 22.0. The predicted octanol–water partition coefficient (Wildman–Crippen LogP) is 3.56. The molecule has 1 atom stereocenters. The molecule has 0 saturated carbocycles. The molecule has 1 aliphatic heterocycles. The Balaban J connectivity index is 1.42. The highest BCUT2D eigenvalue weighted by Crippen LogP contribution is 2.24. The lowest BCUT2D eigenvalue weighted by molar-refractivity contribution is -0.137. The summed E-state index contributed by atoms with van der Waals surface area (Å²) >= 11 is 0. The van der Waals surface area contributed by atoms with Crippen molar-refractivity contribution >= 4 is 22.9 Å². The fourth-order valence-electron chi connectivity index (χ4n) is 4.00. The molecule has 0 N–H and O–H groups in total. The average Bonchev–Trinajstić information content (AvgIpc) is 3.34. The van der Waals surface area contributed by atoms with Gasteiger partial charge >= 0.3 is 0 Å². The molecule has 4 rings (SSSR count). The third-order valence-electron chi connectivity index (χ3n) is 5.49. The van der Waals surface area contributed by atoms with E-state index in [4.69, 9.17) is 9.15 Å². The maximum atomic E-state index is 13.3. The molecule has 0 spiro atoms. The highest BCUT2D eigenvalue weighted by atomic mass is 16.5. The van der Waals surface area contributed by atoms with Crippen LogP contribution in [0.1, 0.15) is 24.3 Å². The summed E-state index contributed by atoms with van der Waals surface area (Å²) in [6, 6.07) is 12.9. The number of fused-ring (bicyclic) bond motifs is 1. The summed E-state index contributed by atoms with van der Waals surface area (Å²) in [6.45, 7) is 9.77. The van der Waals surface area contributed by atoms with Gasteiger partial charge in [0.25, 0.3) is 11.8 Å². The number of carbonyl (C=O) groups excluding carboxylic acids is 2. The number of ether oxygens (including phenoxy) is 1. The predicted molar refractivity (Wildman–Crippen MR) is 118 cm³/mol. The number of rotatable bonds is 6. The molecule has 0 radical (unpaired) electrons. The number of nitrogens with zero attached hydrogens (tertiary/aromatic N) is 3. The summed E-state index contributed by atoms with van der Waals surface area (Å²) < 4.78 is 13.1. The second kappa shape index (κ2) is 8.71. The fraction of sp³-hybridized carbons (Fsp3) is 0.333. The topological polar surface area (TPSA) is 67.9 Å². The molecule has 7 nitrogen and oxygen atoms in total. The molecule has 0 bridgehead atoms. The summed E-state index contributed by atoms with van der Waals surface area (Å²) in [5.41, 5.74) is 2.19. The van der Waals surface area contributed by atoms with Crippen LogP contribution in [0, 0.1) is 0 Å². The SMILES string of the molecule is C=C(C)Cn1c(C(=O)N2CCN(C(=O)COc3ccccc3)[C@H](C)C2)cc2ccoc21. The molecule has 3 heterocycles. The van der Waals surface area contributed by atoms with E-state index in [1.165, 1.54) is 0 Å². The van der Waals surface area contributed by atoms with Crippen molar-refractivity contribution in [1.29, 1.82) is 0 Å². The molecule has 1 aromatic carbocycles. The molecule has 1 fully saturated rings. The minimum Gasteiger partial charge on any atom is -0.484 e. The number of piperazine rings is 1. The van der Waals surface area contributed by atoms with Gasteiger partial charge in [0.15, 0.2) is 6.61 Å². The van der Waals surface area contributed by atoms with Gasteiger partial charge in [-0.3, -0.25) is 9.59 Å². The summed E-state index contributed by atoms with van der Waals surface area (Å²) in [5.74, 6) is 0.527. The van der Waals surface area contributed by atoms with E-state index in [1.54, 1.807) is 16.1 Å². The second-order valence-electron chi connectivity index (χ2n) is 8.04. The maximum absolute atomic E-state index is 13.3. The van der Waals surface area contributed by atoms with Crippen molar-refractivity contribution in [1.82, 2.24) is 14.4 Å². The standard InChI is InChI=1S/C24H27N3O4/c1-17(2)14-27-21(13-19-9-12-30-24(19)27)23(29)25-10-11-26(18(3)15-25)22(28)16-31-20-7-5-4-6-8-20/h4-9,12-13,18H,1,10-11,14-16H2,2-3H3/t18-/m1/s1. The molecular weight excluding hydrogens is 394 g/mol. The quantitative estimate of drug-likeness (QED) is 0.571. The van der Waals surface area contributed by atoms with Crippen LogP contribution in [0.2, 0.25) is 0 Å². The van der Waals surface area contributed by atoms with Crippen LogP contribution in [0.4, 0.5) is 0 Å². The van der Waals surface area contributed by atoms with Crippen molar-refractivity contribution in [3.05, 3.63) is 66.6 Å². The normalized spacial score (nSPS) is 16.5. The molecular formula is C24H27N3O4. The van der Waals surface area contributed by atoms with Crippen LogP contribution in [0.3, 0.4) is 0 Å². The monoisotopic (exact) mass is 421 g/mol. The molecule has 2 aromatic heterocycles. The Morgan fingerprint density at radius 3 is 2.68 bits per heavy atom. The largest absolute Gasteiger partial charge is 0.484 e. The highest BCUT2D eigenvalue weighted by Gasteiger charge is 2.32. The van der Waals surface area contributed by atoms with Gasteiger partial charge in [-0.15, -0.1) is 0 Å². The zero-order valence-electron chi connectivity index (χ0n) is 17.9. The maximum Gasteiger partial charge on any atom is 0.270 e. The third-order valence-corrected chi connectivity index (χ3v) is 5.49. The number of para-hydroxylation sites is 1. The number of benzene rings is 1. The number of furan rings is 1. The van der Waals surface area contributed by atoms with Crippen LogP contribution >= 0.6 is 0 Å². The van der Waals surface area contributed by atoms with Crippen molar-refractivity contribution in [3.63, 3.8) is 0 Å². The molecule has 31 heavy (non-hydrogen) atoms. The van der Waals surface area contributed by atoms with Gasteiger partial charge in [0.1, 0.15) is 11.4 Å². The second-order valence-corrected chi connectivity index (χ2v) is 8.04.